The van der Waals surface area contributed by atoms with E-state index in [1.807, 2.05) is 0 Å². The second kappa shape index (κ2) is 9.85. The van der Waals surface area contributed by atoms with Crippen LogP contribution in [0.15, 0.2) is 16.8 Å². The number of rotatable bonds is 8. The standard InChI is InChI=1S/C27H39N3O7/c1-15(31)27(36)11-8-20-18-5-4-16-12-17(6-9-25(16,2)19(18)7-10-26(20,27)3)30-37-14-23(33)29-21(24(34)35)13-22(28)32/h12,18-21,36H,4-11,13-14H2,1-3H3,(H2,28,32)(H,29,33)(H,34,35)/b30-17+/t18-,19+,20+,21-,25+,26+,27+/m1/s1. The quantitative estimate of drug-likeness (QED) is 0.357. The normalized spacial score (nSPS) is 38.4. The highest BCUT2D eigenvalue weighted by Crippen LogP contribution is 2.67. The van der Waals surface area contributed by atoms with Crippen molar-refractivity contribution in [1.29, 1.82) is 0 Å². The predicted molar refractivity (Wildman–Crippen MR) is 134 cm³/mol. The molecule has 0 bridgehead atoms. The molecule has 4 aliphatic rings. The van der Waals surface area contributed by atoms with Crippen molar-refractivity contribution in [2.24, 2.45) is 39.5 Å². The topological polar surface area (TPSA) is 168 Å². The van der Waals surface area contributed by atoms with Gasteiger partial charge in [0.15, 0.2) is 12.4 Å². The summed E-state index contributed by atoms with van der Waals surface area (Å²) < 4.78 is 0. The predicted octanol–water partition coefficient (Wildman–Crippen LogP) is 2.09. The van der Waals surface area contributed by atoms with Gasteiger partial charge in [0.2, 0.25) is 5.91 Å². The fraction of sp³-hybridized carbons (Fsp3) is 0.741. The Hall–Kier alpha value is -2.75. The largest absolute Gasteiger partial charge is 0.480 e. The molecule has 0 aromatic rings. The summed E-state index contributed by atoms with van der Waals surface area (Å²) in [6.07, 6.45) is 8.43. The van der Waals surface area contributed by atoms with E-state index in [-0.39, 0.29) is 16.6 Å². The Morgan fingerprint density at radius 1 is 1.14 bits per heavy atom. The highest BCUT2D eigenvalue weighted by Gasteiger charge is 2.65. The van der Waals surface area contributed by atoms with E-state index in [0.717, 1.165) is 44.2 Å². The molecule has 3 fully saturated rings. The van der Waals surface area contributed by atoms with Gasteiger partial charge in [0.05, 0.1) is 12.1 Å². The fourth-order valence-electron chi connectivity index (χ4n) is 8.05. The van der Waals surface area contributed by atoms with Crippen LogP contribution in [0.25, 0.3) is 0 Å². The van der Waals surface area contributed by atoms with Gasteiger partial charge in [0, 0.05) is 5.41 Å². The molecule has 0 saturated heterocycles. The number of oxime groups is 1. The summed E-state index contributed by atoms with van der Waals surface area (Å²) in [5, 5.41) is 26.8. The first-order valence-corrected chi connectivity index (χ1v) is 13.3. The maximum atomic E-state index is 12.4. The van der Waals surface area contributed by atoms with Crippen LogP contribution in [0.1, 0.15) is 78.6 Å². The molecule has 3 saturated carbocycles. The van der Waals surface area contributed by atoms with Crippen LogP contribution in [0.5, 0.6) is 0 Å². The third kappa shape index (κ3) is 4.69. The van der Waals surface area contributed by atoms with E-state index in [0.29, 0.717) is 30.6 Å². The molecule has 7 atom stereocenters. The van der Waals surface area contributed by atoms with Gasteiger partial charge in [0.25, 0.3) is 5.91 Å². The fourth-order valence-corrected chi connectivity index (χ4v) is 8.05. The number of aliphatic hydroxyl groups is 1. The minimum absolute atomic E-state index is 0.0288. The minimum atomic E-state index is -1.40. The number of primary amides is 1. The van der Waals surface area contributed by atoms with E-state index in [1.165, 1.54) is 12.5 Å². The number of hydrogen-bond acceptors (Lipinski definition) is 7. The van der Waals surface area contributed by atoms with E-state index in [2.05, 4.69) is 30.4 Å². The number of ketones is 1. The van der Waals surface area contributed by atoms with Crippen molar-refractivity contribution in [2.75, 3.05) is 6.61 Å². The van der Waals surface area contributed by atoms with Gasteiger partial charge >= 0.3 is 5.97 Å². The second-order valence-corrected chi connectivity index (χ2v) is 11.9. The molecule has 10 heteroatoms. The first-order valence-electron chi connectivity index (χ1n) is 13.3. The van der Waals surface area contributed by atoms with Gasteiger partial charge in [-0.2, -0.15) is 0 Å². The Kier molecular flexibility index (Phi) is 7.27. The van der Waals surface area contributed by atoms with Gasteiger partial charge in [-0.05, 0) is 87.5 Å². The van der Waals surface area contributed by atoms with Crippen molar-refractivity contribution in [3.63, 3.8) is 0 Å². The van der Waals surface area contributed by atoms with E-state index >= 15 is 0 Å². The maximum Gasteiger partial charge on any atom is 0.326 e. The lowest BCUT2D eigenvalue weighted by atomic mass is 9.46. The molecule has 0 heterocycles. The van der Waals surface area contributed by atoms with Crippen molar-refractivity contribution in [3.05, 3.63) is 11.6 Å². The summed E-state index contributed by atoms with van der Waals surface area (Å²) >= 11 is 0. The number of aliphatic carboxylic acids is 1. The summed E-state index contributed by atoms with van der Waals surface area (Å²) in [6.45, 7) is 5.53. The third-order valence-corrected chi connectivity index (χ3v) is 10.1. The van der Waals surface area contributed by atoms with Crippen LogP contribution in [0.2, 0.25) is 0 Å². The van der Waals surface area contributed by atoms with Crippen molar-refractivity contribution in [3.8, 4) is 0 Å². The SMILES string of the molecule is CC(=O)[C@@]1(O)CC[C@H]2[C@@H]3CCC4=C/C(=N/OCC(=O)N[C@H](CC(N)=O)C(=O)O)CC[C@]4(C)[C@H]3CC[C@@]21C. The number of nitrogens with zero attached hydrogens (tertiary/aromatic N) is 1. The molecule has 37 heavy (non-hydrogen) atoms. The van der Waals surface area contributed by atoms with E-state index in [1.54, 1.807) is 0 Å². The van der Waals surface area contributed by atoms with Gasteiger partial charge in [0.1, 0.15) is 11.6 Å². The van der Waals surface area contributed by atoms with Crippen LogP contribution < -0.4 is 11.1 Å². The zero-order valence-corrected chi connectivity index (χ0v) is 21.9. The number of carbonyl (C=O) groups excluding carboxylic acids is 3. The molecule has 0 spiro atoms. The average molecular weight is 518 g/mol. The highest BCUT2D eigenvalue weighted by molar-refractivity contribution is 5.96. The molecular weight excluding hydrogens is 478 g/mol. The van der Waals surface area contributed by atoms with Crippen LogP contribution in [0, 0.1) is 28.6 Å². The Bertz CT molecular complexity index is 1050. The number of carboxylic acids is 1. The molecule has 0 aromatic heterocycles. The monoisotopic (exact) mass is 517 g/mol. The number of nitrogens with two attached hydrogens (primary N) is 1. The number of amides is 2. The van der Waals surface area contributed by atoms with Crippen molar-refractivity contribution < 1.29 is 34.2 Å². The lowest BCUT2D eigenvalue weighted by Crippen LogP contribution is -2.57. The molecule has 4 rings (SSSR count). The van der Waals surface area contributed by atoms with Gasteiger partial charge < -0.3 is 26.1 Å². The van der Waals surface area contributed by atoms with Gasteiger partial charge in [-0.1, -0.05) is 24.6 Å². The van der Waals surface area contributed by atoms with Crippen molar-refractivity contribution >= 4 is 29.3 Å². The minimum Gasteiger partial charge on any atom is -0.480 e. The summed E-state index contributed by atoms with van der Waals surface area (Å²) in [7, 11) is 0. The van der Waals surface area contributed by atoms with Crippen LogP contribution in [-0.2, 0) is 24.0 Å². The average Bonchev–Trinajstić information content (AvgIpc) is 3.10. The van der Waals surface area contributed by atoms with Crippen LogP contribution in [0.3, 0.4) is 0 Å². The van der Waals surface area contributed by atoms with E-state index in [9.17, 15) is 24.3 Å². The van der Waals surface area contributed by atoms with Crippen molar-refractivity contribution in [1.82, 2.24) is 5.32 Å². The number of Topliss-reactive ketones (excluding diaryl/α,β-unsaturated/α-hetero) is 1. The zero-order chi connectivity index (χ0) is 27.2. The van der Waals surface area contributed by atoms with E-state index in [4.69, 9.17) is 15.7 Å². The summed E-state index contributed by atoms with van der Waals surface area (Å²) in [5.41, 5.74) is 5.58. The Morgan fingerprint density at radius 2 is 1.84 bits per heavy atom. The number of carboxylic acid groups (broad SMARTS) is 1. The molecule has 0 aliphatic heterocycles. The lowest BCUT2D eigenvalue weighted by molar-refractivity contribution is -0.159. The second-order valence-electron chi connectivity index (χ2n) is 11.9. The first kappa shape index (κ1) is 27.3. The molecule has 0 unspecified atom stereocenters. The number of nitrogens with one attached hydrogen (secondary N) is 1. The number of allylic oxidation sites excluding steroid dienone is 2. The maximum absolute atomic E-state index is 12.4. The Balaban J connectivity index is 1.40. The highest BCUT2D eigenvalue weighted by atomic mass is 16.6. The third-order valence-electron chi connectivity index (χ3n) is 10.1. The van der Waals surface area contributed by atoms with Crippen LogP contribution in [-0.4, -0.2) is 57.7 Å². The number of hydrogen-bond donors (Lipinski definition) is 4. The zero-order valence-electron chi connectivity index (χ0n) is 21.9. The summed E-state index contributed by atoms with van der Waals surface area (Å²) in [5.74, 6) is -1.65. The number of carbonyl (C=O) groups is 4. The first-order chi connectivity index (χ1) is 17.3. The van der Waals surface area contributed by atoms with Gasteiger partial charge in [-0.15, -0.1) is 0 Å². The molecule has 10 nitrogen and oxygen atoms in total. The van der Waals surface area contributed by atoms with Gasteiger partial charge in [-0.3, -0.25) is 14.4 Å². The molecule has 2 amide bonds. The van der Waals surface area contributed by atoms with Crippen LogP contribution in [0.4, 0.5) is 0 Å². The molecule has 204 valence electrons. The molecular formula is C27H39N3O7. The van der Waals surface area contributed by atoms with Crippen molar-refractivity contribution in [2.45, 2.75) is 90.2 Å². The molecule has 5 N–H and O–H groups in total. The van der Waals surface area contributed by atoms with E-state index < -0.39 is 42.5 Å². The number of fused-ring (bicyclic) bond motifs is 5. The molecule has 0 radical (unpaired) electrons. The lowest BCUT2D eigenvalue weighted by Gasteiger charge is -2.59. The Morgan fingerprint density at radius 3 is 2.49 bits per heavy atom. The van der Waals surface area contributed by atoms with Gasteiger partial charge in [-0.25, -0.2) is 4.79 Å². The summed E-state index contributed by atoms with van der Waals surface area (Å²) in [6, 6.07) is -1.40. The Labute approximate surface area is 217 Å². The van der Waals surface area contributed by atoms with Crippen LogP contribution >= 0.6 is 0 Å². The molecule has 0 aromatic carbocycles. The summed E-state index contributed by atoms with van der Waals surface area (Å²) in [4.78, 5) is 51.8. The molecule has 4 aliphatic carbocycles. The smallest absolute Gasteiger partial charge is 0.326 e.